The van der Waals surface area contributed by atoms with E-state index < -0.39 is 36.6 Å². The van der Waals surface area contributed by atoms with Crippen LogP contribution in [-0.4, -0.2) is 46.8 Å². The molecule has 1 unspecified atom stereocenters. The summed E-state index contributed by atoms with van der Waals surface area (Å²) in [7, 11) is 0. The zero-order valence-electron chi connectivity index (χ0n) is 11.2. The summed E-state index contributed by atoms with van der Waals surface area (Å²) in [6.45, 7) is 2.53. The Kier molecular flexibility index (Phi) is 5.96. The van der Waals surface area contributed by atoms with Crippen molar-refractivity contribution in [2.24, 2.45) is 0 Å². The van der Waals surface area contributed by atoms with Crippen LogP contribution in [-0.2, 0) is 14.3 Å². The molecule has 0 aromatic heterocycles. The number of hydrogen-bond donors (Lipinski definition) is 2. The molecule has 0 fully saturated rings. The van der Waals surface area contributed by atoms with Gasteiger partial charge in [-0.05, 0) is 18.2 Å². The molecular weight excluding hydrogens is 296 g/mol. The molecule has 22 heavy (non-hydrogen) atoms. The lowest BCUT2D eigenvalue weighted by molar-refractivity contribution is -0.124. The predicted octanol–water partition coefficient (Wildman–Crippen LogP) is 0.794. The lowest BCUT2D eigenvalue weighted by Gasteiger charge is -2.10. The average Bonchev–Trinajstić information content (AvgIpc) is 2.50. The summed E-state index contributed by atoms with van der Waals surface area (Å²) >= 11 is 0. The van der Waals surface area contributed by atoms with Gasteiger partial charge in [-0.2, -0.15) is 0 Å². The first-order valence-electron chi connectivity index (χ1n) is 5.92. The molecule has 2 N–H and O–H groups in total. The number of ketones is 1. The van der Waals surface area contributed by atoms with E-state index in [0.717, 1.165) is 6.08 Å². The Balaban J connectivity index is 2.86. The van der Waals surface area contributed by atoms with E-state index in [1.807, 2.05) is 0 Å². The Morgan fingerprint density at radius 2 is 1.68 bits per heavy atom. The SMILES string of the molecule is C=CC(=O)C(O)COC(=O)c1ccccc1C(=O)OC(=O)O. The van der Waals surface area contributed by atoms with Gasteiger partial charge in [0.05, 0.1) is 11.1 Å². The van der Waals surface area contributed by atoms with E-state index in [-0.39, 0.29) is 11.1 Å². The number of aliphatic hydroxyl groups excluding tert-OH is 1. The maximum Gasteiger partial charge on any atom is 0.513 e. The molecule has 0 aliphatic rings. The van der Waals surface area contributed by atoms with Gasteiger partial charge in [-0.15, -0.1) is 0 Å². The van der Waals surface area contributed by atoms with Crippen LogP contribution >= 0.6 is 0 Å². The van der Waals surface area contributed by atoms with Gasteiger partial charge in [0.2, 0.25) is 0 Å². The molecule has 0 amide bonds. The predicted molar refractivity (Wildman–Crippen MR) is 71.4 cm³/mol. The molecule has 116 valence electrons. The molecule has 0 spiro atoms. The zero-order valence-corrected chi connectivity index (χ0v) is 11.2. The molecule has 8 nitrogen and oxygen atoms in total. The fourth-order valence-corrected chi connectivity index (χ4v) is 1.42. The summed E-state index contributed by atoms with van der Waals surface area (Å²) < 4.78 is 8.66. The smallest absolute Gasteiger partial charge is 0.459 e. The normalized spacial score (nSPS) is 11.1. The second-order valence-electron chi connectivity index (χ2n) is 3.92. The second-order valence-corrected chi connectivity index (χ2v) is 3.92. The van der Waals surface area contributed by atoms with E-state index in [2.05, 4.69) is 11.3 Å². The van der Waals surface area contributed by atoms with Crippen molar-refractivity contribution in [2.75, 3.05) is 6.61 Å². The third kappa shape index (κ3) is 4.53. The number of aliphatic hydroxyl groups is 1. The standard InChI is InChI=1S/C14H12O8/c1-2-10(15)11(16)7-21-12(17)8-5-3-4-6-9(8)13(18)22-14(19)20/h2-6,11,16H,1,7H2,(H,19,20). The Hall–Kier alpha value is -3.00. The van der Waals surface area contributed by atoms with E-state index in [4.69, 9.17) is 9.84 Å². The first-order valence-corrected chi connectivity index (χ1v) is 5.92. The Labute approximate surface area is 124 Å². The summed E-state index contributed by atoms with van der Waals surface area (Å²) in [6, 6.07) is 5.19. The second kappa shape index (κ2) is 7.70. The highest BCUT2D eigenvalue weighted by atomic mass is 16.7. The molecule has 0 aliphatic heterocycles. The third-order valence-electron chi connectivity index (χ3n) is 2.45. The van der Waals surface area contributed by atoms with E-state index in [1.165, 1.54) is 24.3 Å². The van der Waals surface area contributed by atoms with Gasteiger partial charge in [0.15, 0.2) is 11.9 Å². The van der Waals surface area contributed by atoms with E-state index in [0.29, 0.717) is 0 Å². The van der Waals surface area contributed by atoms with Crippen molar-refractivity contribution in [1.82, 2.24) is 0 Å². The first kappa shape index (κ1) is 17.1. The minimum Gasteiger partial charge on any atom is -0.459 e. The molecule has 1 rings (SSSR count). The van der Waals surface area contributed by atoms with Crippen LogP contribution in [0.2, 0.25) is 0 Å². The summed E-state index contributed by atoms with van der Waals surface area (Å²) in [6.07, 6.45) is -2.52. The molecule has 0 bridgehead atoms. The van der Waals surface area contributed by atoms with Crippen molar-refractivity contribution in [3.05, 3.63) is 48.0 Å². The van der Waals surface area contributed by atoms with Crippen molar-refractivity contribution >= 4 is 23.9 Å². The summed E-state index contributed by atoms with van der Waals surface area (Å²) in [5.74, 6) is -3.00. The summed E-state index contributed by atoms with van der Waals surface area (Å²) in [5.41, 5.74) is -0.577. The van der Waals surface area contributed by atoms with Gasteiger partial charge in [0, 0.05) is 0 Å². The zero-order chi connectivity index (χ0) is 16.7. The van der Waals surface area contributed by atoms with Crippen LogP contribution < -0.4 is 0 Å². The van der Waals surface area contributed by atoms with Crippen LogP contribution in [0.15, 0.2) is 36.9 Å². The molecule has 0 saturated heterocycles. The highest BCUT2D eigenvalue weighted by Gasteiger charge is 2.22. The Morgan fingerprint density at radius 3 is 2.18 bits per heavy atom. The first-order chi connectivity index (χ1) is 10.4. The topological polar surface area (TPSA) is 127 Å². The number of esters is 2. The fourth-order valence-electron chi connectivity index (χ4n) is 1.42. The molecule has 0 saturated carbocycles. The molecule has 0 heterocycles. The van der Waals surface area contributed by atoms with Crippen molar-refractivity contribution in [1.29, 1.82) is 0 Å². The Morgan fingerprint density at radius 1 is 1.14 bits per heavy atom. The molecule has 1 atom stereocenters. The van der Waals surface area contributed by atoms with Crippen LogP contribution in [0.1, 0.15) is 20.7 Å². The minimum absolute atomic E-state index is 0.257. The summed E-state index contributed by atoms with van der Waals surface area (Å²) in [5, 5.41) is 17.7. The molecule has 1 aromatic carbocycles. The summed E-state index contributed by atoms with van der Waals surface area (Å²) in [4.78, 5) is 44.8. The lowest BCUT2D eigenvalue weighted by atomic mass is 10.1. The van der Waals surface area contributed by atoms with Gasteiger partial charge in [0.25, 0.3) is 0 Å². The van der Waals surface area contributed by atoms with E-state index >= 15 is 0 Å². The van der Waals surface area contributed by atoms with Crippen LogP contribution in [0.4, 0.5) is 4.79 Å². The lowest BCUT2D eigenvalue weighted by Crippen LogP contribution is -2.26. The fraction of sp³-hybridized carbons (Fsp3) is 0.143. The molecule has 0 aliphatic carbocycles. The minimum atomic E-state index is -1.82. The van der Waals surface area contributed by atoms with Crippen molar-refractivity contribution in [3.8, 4) is 0 Å². The van der Waals surface area contributed by atoms with Gasteiger partial charge in [-0.3, -0.25) is 4.79 Å². The van der Waals surface area contributed by atoms with Crippen LogP contribution in [0.3, 0.4) is 0 Å². The monoisotopic (exact) mass is 308 g/mol. The largest absolute Gasteiger partial charge is 0.513 e. The van der Waals surface area contributed by atoms with Crippen molar-refractivity contribution in [3.63, 3.8) is 0 Å². The van der Waals surface area contributed by atoms with Gasteiger partial charge in [-0.25, -0.2) is 14.4 Å². The van der Waals surface area contributed by atoms with Gasteiger partial charge < -0.3 is 19.7 Å². The number of benzene rings is 1. The third-order valence-corrected chi connectivity index (χ3v) is 2.45. The quantitative estimate of drug-likeness (QED) is 0.448. The maximum absolute atomic E-state index is 11.8. The van der Waals surface area contributed by atoms with Crippen molar-refractivity contribution in [2.45, 2.75) is 6.10 Å². The van der Waals surface area contributed by atoms with Crippen LogP contribution in [0.25, 0.3) is 0 Å². The number of carboxylic acid groups (broad SMARTS) is 1. The molecule has 8 heteroatoms. The van der Waals surface area contributed by atoms with Gasteiger partial charge in [-0.1, -0.05) is 18.7 Å². The highest BCUT2D eigenvalue weighted by molar-refractivity contribution is 6.05. The molecular formula is C14H12O8. The maximum atomic E-state index is 11.8. The molecule has 1 aromatic rings. The van der Waals surface area contributed by atoms with Crippen LogP contribution in [0.5, 0.6) is 0 Å². The number of hydrogen-bond acceptors (Lipinski definition) is 7. The van der Waals surface area contributed by atoms with Gasteiger partial charge >= 0.3 is 18.1 Å². The number of rotatable bonds is 6. The average molecular weight is 308 g/mol. The van der Waals surface area contributed by atoms with Crippen LogP contribution in [0, 0.1) is 0 Å². The van der Waals surface area contributed by atoms with E-state index in [1.54, 1.807) is 0 Å². The molecule has 0 radical (unpaired) electrons. The highest BCUT2D eigenvalue weighted by Crippen LogP contribution is 2.12. The van der Waals surface area contributed by atoms with Crippen molar-refractivity contribution < 1.29 is 38.9 Å². The number of carbonyl (C=O) groups is 4. The van der Waals surface area contributed by atoms with Gasteiger partial charge in [0.1, 0.15) is 6.61 Å². The Bertz CT molecular complexity index is 619. The number of ether oxygens (including phenoxy) is 2. The number of carbonyl (C=O) groups excluding carboxylic acids is 3. The van der Waals surface area contributed by atoms with E-state index in [9.17, 15) is 24.3 Å².